The molecule has 0 aliphatic heterocycles. The van der Waals surface area contributed by atoms with Gasteiger partial charge in [0.2, 0.25) is 5.91 Å². The second-order valence-electron chi connectivity index (χ2n) is 3.69. The van der Waals surface area contributed by atoms with Crippen LogP contribution in [0.3, 0.4) is 0 Å². The van der Waals surface area contributed by atoms with Gasteiger partial charge in [-0.3, -0.25) is 4.79 Å². The Morgan fingerprint density at radius 2 is 2.21 bits per heavy atom. The molecule has 5 heteroatoms. The molecule has 0 heterocycles. The van der Waals surface area contributed by atoms with E-state index in [1.54, 1.807) is 0 Å². The summed E-state index contributed by atoms with van der Waals surface area (Å²) in [5, 5.41) is 11.0. The highest BCUT2D eigenvalue weighted by Crippen LogP contribution is 2.18. The van der Waals surface area contributed by atoms with Crippen molar-refractivity contribution >= 4 is 18.5 Å². The molecule has 2 N–H and O–H groups in total. The Hall–Kier alpha value is -0.260. The topological polar surface area (TPSA) is 58.6 Å². The van der Waals surface area contributed by atoms with E-state index in [0.29, 0.717) is 6.42 Å². The predicted octanol–water partition coefficient (Wildman–Crippen LogP) is 0.558. The fourth-order valence-electron chi connectivity index (χ4n) is 0.776. The van der Waals surface area contributed by atoms with Crippen molar-refractivity contribution in [3.05, 3.63) is 0 Å². The maximum Gasteiger partial charge on any atom is 0.221 e. The first-order valence-corrected chi connectivity index (χ1v) is 5.08. The molecule has 14 heavy (non-hydrogen) atoms. The standard InChI is InChI=1S/C9H19NO3S/c1-9(2,14)4-3-8(12)10-7-13-6-5-11/h11,14H,3-7H2,1-2H3,(H,10,12). The lowest BCUT2D eigenvalue weighted by atomic mass is 10.1. The quantitative estimate of drug-likeness (QED) is 0.334. The highest BCUT2D eigenvalue weighted by atomic mass is 32.1. The molecular weight excluding hydrogens is 202 g/mol. The van der Waals surface area contributed by atoms with Crippen LogP contribution >= 0.6 is 12.6 Å². The molecule has 0 saturated carbocycles. The van der Waals surface area contributed by atoms with E-state index in [1.165, 1.54) is 0 Å². The lowest BCUT2D eigenvalue weighted by Crippen LogP contribution is -2.28. The van der Waals surface area contributed by atoms with E-state index >= 15 is 0 Å². The van der Waals surface area contributed by atoms with Gasteiger partial charge in [-0.15, -0.1) is 0 Å². The van der Waals surface area contributed by atoms with Gasteiger partial charge in [-0.2, -0.15) is 12.6 Å². The predicted molar refractivity (Wildman–Crippen MR) is 58.3 cm³/mol. The van der Waals surface area contributed by atoms with Gasteiger partial charge in [-0.1, -0.05) is 13.8 Å². The molecule has 1 amide bonds. The third-order valence-electron chi connectivity index (χ3n) is 1.57. The molecule has 0 aliphatic carbocycles. The lowest BCUT2D eigenvalue weighted by Gasteiger charge is -2.16. The first-order chi connectivity index (χ1) is 6.45. The molecule has 0 radical (unpaired) electrons. The maximum absolute atomic E-state index is 11.2. The van der Waals surface area contributed by atoms with Crippen LogP contribution in [0.15, 0.2) is 0 Å². The Morgan fingerprint density at radius 3 is 2.71 bits per heavy atom. The van der Waals surface area contributed by atoms with Crippen molar-refractivity contribution in [3.8, 4) is 0 Å². The van der Waals surface area contributed by atoms with Crippen LogP contribution in [-0.2, 0) is 9.53 Å². The van der Waals surface area contributed by atoms with Crippen molar-refractivity contribution in [2.24, 2.45) is 0 Å². The number of ether oxygens (including phenoxy) is 1. The third kappa shape index (κ3) is 9.83. The number of hydrogen-bond donors (Lipinski definition) is 3. The molecular formula is C9H19NO3S. The minimum Gasteiger partial charge on any atom is -0.394 e. The van der Waals surface area contributed by atoms with Gasteiger partial charge in [0.05, 0.1) is 13.2 Å². The van der Waals surface area contributed by atoms with E-state index in [-0.39, 0.29) is 30.6 Å². The van der Waals surface area contributed by atoms with E-state index < -0.39 is 0 Å². The Balaban J connectivity index is 3.38. The van der Waals surface area contributed by atoms with E-state index in [0.717, 1.165) is 6.42 Å². The molecule has 0 aromatic heterocycles. The maximum atomic E-state index is 11.2. The van der Waals surface area contributed by atoms with Crippen molar-refractivity contribution in [2.45, 2.75) is 31.4 Å². The summed E-state index contributed by atoms with van der Waals surface area (Å²) >= 11 is 4.31. The summed E-state index contributed by atoms with van der Waals surface area (Å²) in [6.45, 7) is 4.31. The van der Waals surface area contributed by atoms with E-state index in [9.17, 15) is 4.79 Å². The summed E-state index contributed by atoms with van der Waals surface area (Å²) in [5.41, 5.74) is 0. The molecule has 0 aromatic rings. The molecule has 4 nitrogen and oxygen atoms in total. The molecule has 0 rings (SSSR count). The highest BCUT2D eigenvalue weighted by Gasteiger charge is 2.13. The minimum absolute atomic E-state index is 0.0282. The number of aliphatic hydroxyl groups is 1. The Labute approximate surface area is 90.4 Å². The van der Waals surface area contributed by atoms with Crippen LogP contribution in [0, 0.1) is 0 Å². The Kier molecular flexibility index (Phi) is 6.96. The number of thiol groups is 1. The average Bonchev–Trinajstić information content (AvgIpc) is 2.08. The number of amides is 1. The molecule has 84 valence electrons. The zero-order valence-corrected chi connectivity index (χ0v) is 9.64. The summed E-state index contributed by atoms with van der Waals surface area (Å²) < 4.78 is 4.76. The summed E-state index contributed by atoms with van der Waals surface area (Å²) in [4.78, 5) is 11.2. The van der Waals surface area contributed by atoms with Gasteiger partial charge in [0.25, 0.3) is 0 Å². The zero-order chi connectivity index (χ0) is 11.0. The molecule has 0 spiro atoms. The average molecular weight is 221 g/mol. The summed E-state index contributed by atoms with van der Waals surface area (Å²) in [7, 11) is 0. The second kappa shape index (κ2) is 7.09. The molecule has 0 fully saturated rings. The summed E-state index contributed by atoms with van der Waals surface area (Å²) in [5.74, 6) is -0.0509. The molecule has 0 aliphatic rings. The second-order valence-corrected chi connectivity index (χ2v) is 4.90. The zero-order valence-electron chi connectivity index (χ0n) is 8.75. The fraction of sp³-hybridized carbons (Fsp3) is 0.889. The van der Waals surface area contributed by atoms with Crippen LogP contribution in [-0.4, -0.2) is 35.7 Å². The monoisotopic (exact) mass is 221 g/mol. The third-order valence-corrected chi connectivity index (χ3v) is 1.79. The summed E-state index contributed by atoms with van der Waals surface area (Å²) in [6, 6.07) is 0. The van der Waals surface area contributed by atoms with Crippen LogP contribution < -0.4 is 5.32 Å². The van der Waals surface area contributed by atoms with Gasteiger partial charge in [0, 0.05) is 11.2 Å². The largest absolute Gasteiger partial charge is 0.394 e. The van der Waals surface area contributed by atoms with Gasteiger partial charge < -0.3 is 15.2 Å². The molecule has 0 unspecified atom stereocenters. The van der Waals surface area contributed by atoms with Crippen molar-refractivity contribution in [1.82, 2.24) is 5.32 Å². The van der Waals surface area contributed by atoms with E-state index in [4.69, 9.17) is 9.84 Å². The lowest BCUT2D eigenvalue weighted by molar-refractivity contribution is -0.123. The SMILES string of the molecule is CC(C)(S)CCC(=O)NCOCCO. The number of hydrogen-bond acceptors (Lipinski definition) is 4. The molecule has 0 bridgehead atoms. The Morgan fingerprint density at radius 1 is 1.57 bits per heavy atom. The normalized spacial score (nSPS) is 11.4. The van der Waals surface area contributed by atoms with Gasteiger partial charge in [0.15, 0.2) is 0 Å². The number of carbonyl (C=O) groups is 1. The van der Waals surface area contributed by atoms with Crippen molar-refractivity contribution < 1.29 is 14.6 Å². The Bertz CT molecular complexity index is 168. The molecule has 0 aromatic carbocycles. The van der Waals surface area contributed by atoms with Gasteiger partial charge in [-0.05, 0) is 6.42 Å². The van der Waals surface area contributed by atoms with Crippen LogP contribution in [0.2, 0.25) is 0 Å². The van der Waals surface area contributed by atoms with Crippen LogP contribution in [0.4, 0.5) is 0 Å². The van der Waals surface area contributed by atoms with Crippen LogP contribution in [0.5, 0.6) is 0 Å². The fourth-order valence-corrected chi connectivity index (χ4v) is 0.888. The first kappa shape index (κ1) is 13.7. The minimum atomic E-state index is -0.122. The number of aliphatic hydroxyl groups excluding tert-OH is 1. The number of rotatable bonds is 7. The van der Waals surface area contributed by atoms with E-state index in [1.807, 2.05) is 13.8 Å². The van der Waals surface area contributed by atoms with Crippen LogP contribution in [0.1, 0.15) is 26.7 Å². The number of nitrogens with one attached hydrogen (secondary N) is 1. The van der Waals surface area contributed by atoms with Gasteiger partial charge in [-0.25, -0.2) is 0 Å². The smallest absolute Gasteiger partial charge is 0.221 e. The van der Waals surface area contributed by atoms with Crippen molar-refractivity contribution in [3.63, 3.8) is 0 Å². The summed E-state index contributed by atoms with van der Waals surface area (Å²) in [6.07, 6.45) is 1.17. The van der Waals surface area contributed by atoms with Crippen molar-refractivity contribution in [1.29, 1.82) is 0 Å². The highest BCUT2D eigenvalue weighted by molar-refractivity contribution is 7.81. The van der Waals surface area contributed by atoms with Gasteiger partial charge in [0.1, 0.15) is 6.73 Å². The van der Waals surface area contributed by atoms with E-state index in [2.05, 4.69) is 17.9 Å². The first-order valence-electron chi connectivity index (χ1n) is 4.63. The number of carbonyl (C=O) groups excluding carboxylic acids is 1. The van der Waals surface area contributed by atoms with Crippen LogP contribution in [0.25, 0.3) is 0 Å². The van der Waals surface area contributed by atoms with Crippen molar-refractivity contribution in [2.75, 3.05) is 19.9 Å². The molecule has 0 saturated heterocycles. The molecule has 0 atom stereocenters. The van der Waals surface area contributed by atoms with Gasteiger partial charge >= 0.3 is 0 Å².